The fourth-order valence-corrected chi connectivity index (χ4v) is 2.90. The molecule has 11 heteroatoms. The van der Waals surface area contributed by atoms with Crippen LogP contribution in [-0.2, 0) is 28.6 Å². The number of carbonyl (C=O) groups is 3. The molecule has 0 aromatic carbocycles. The van der Waals surface area contributed by atoms with Crippen molar-refractivity contribution in [3.05, 3.63) is 25.8 Å². The first-order valence-corrected chi connectivity index (χ1v) is 16.5. The molecule has 0 fully saturated rings. The Kier molecular flexibility index (Phi) is 59.5. The van der Waals surface area contributed by atoms with Gasteiger partial charge in [-0.15, -0.1) is 19.7 Å². The molecule has 0 aliphatic carbocycles. The molecule has 272 valence electrons. The summed E-state index contributed by atoms with van der Waals surface area (Å²) in [6.45, 7) is 35.4. The number of nitrogens with one attached hydrogen (secondary N) is 3. The Balaban J connectivity index is -0.000000306. The van der Waals surface area contributed by atoms with Crippen LogP contribution >= 0.6 is 0 Å². The third-order valence-corrected chi connectivity index (χ3v) is 4.42. The summed E-state index contributed by atoms with van der Waals surface area (Å²) in [5.41, 5.74) is 4.50. The number of nitrogens with two attached hydrogens (primary N) is 1. The van der Waals surface area contributed by atoms with Crippen LogP contribution in [-0.4, -0.2) is 107 Å². The Labute approximate surface area is 278 Å². The van der Waals surface area contributed by atoms with Crippen molar-refractivity contribution >= 4 is 17.7 Å². The summed E-state index contributed by atoms with van der Waals surface area (Å²) in [6.07, 6.45) is 2.75. The molecule has 0 rings (SSSR count). The van der Waals surface area contributed by atoms with E-state index < -0.39 is 0 Å². The van der Waals surface area contributed by atoms with Crippen LogP contribution in [0.2, 0.25) is 0 Å². The van der Waals surface area contributed by atoms with Crippen molar-refractivity contribution in [3.63, 3.8) is 0 Å². The first-order valence-electron chi connectivity index (χ1n) is 16.5. The third kappa shape index (κ3) is 57.9. The van der Waals surface area contributed by atoms with Gasteiger partial charge in [-0.05, 0) is 55.5 Å². The van der Waals surface area contributed by atoms with E-state index in [4.69, 9.17) is 14.2 Å². The van der Waals surface area contributed by atoms with E-state index in [-0.39, 0.29) is 35.8 Å². The van der Waals surface area contributed by atoms with Crippen LogP contribution in [0.1, 0.15) is 95.4 Å². The van der Waals surface area contributed by atoms with E-state index in [0.717, 1.165) is 0 Å². The molecule has 0 aromatic heterocycles. The van der Waals surface area contributed by atoms with Crippen molar-refractivity contribution in [2.75, 3.05) is 66.3 Å². The molecule has 0 bridgehead atoms. The SMILES string of the molecule is C=C.C=CC.CC.CC.CC(C)NC(=O)CCOCCN(CCOCCC(=O)NC(C)C)CCOCCC(=O)NC(C)C.CN. The molecular weight excluding hydrogens is 574 g/mol. The number of carbonyl (C=O) groups excluding carboxylic acids is 3. The summed E-state index contributed by atoms with van der Waals surface area (Å²) in [5, 5.41) is 8.52. The third-order valence-electron chi connectivity index (χ3n) is 4.42. The lowest BCUT2D eigenvalue weighted by Gasteiger charge is -2.22. The van der Waals surface area contributed by atoms with Crippen LogP contribution in [0.4, 0.5) is 0 Å². The van der Waals surface area contributed by atoms with Gasteiger partial charge in [-0.3, -0.25) is 19.3 Å². The van der Waals surface area contributed by atoms with E-state index in [0.29, 0.717) is 78.5 Å². The predicted molar refractivity (Wildman–Crippen MR) is 193 cm³/mol. The molecule has 0 heterocycles. The van der Waals surface area contributed by atoms with Crippen LogP contribution < -0.4 is 21.7 Å². The van der Waals surface area contributed by atoms with Crippen molar-refractivity contribution in [2.45, 2.75) is 114 Å². The summed E-state index contributed by atoms with van der Waals surface area (Å²) < 4.78 is 16.9. The van der Waals surface area contributed by atoms with Gasteiger partial charge in [0.1, 0.15) is 0 Å². The van der Waals surface area contributed by atoms with Gasteiger partial charge in [0.05, 0.1) is 39.6 Å². The minimum atomic E-state index is -0.0170. The van der Waals surface area contributed by atoms with E-state index in [1.807, 2.05) is 76.2 Å². The first kappa shape index (κ1) is 55.1. The van der Waals surface area contributed by atoms with Crippen LogP contribution in [0, 0.1) is 0 Å². The normalized spacial score (nSPS) is 9.44. The molecule has 0 radical (unpaired) electrons. The molecule has 0 aliphatic rings. The first-order chi connectivity index (χ1) is 21.5. The Morgan fingerprint density at radius 2 is 0.800 bits per heavy atom. The second-order valence-electron chi connectivity index (χ2n) is 9.50. The standard InChI is InChI=1S/C24H48N4O6.C3H6.2C2H6.C2H4.CH5N/c1-19(2)25-22(29)7-13-32-16-10-28(11-17-33-14-8-23(30)26-20(3)4)12-18-34-15-9-24(31)27-21(5)6;1-3-2;4*1-2/h19-21H,7-18H2,1-6H3,(H,25,29)(H,26,30)(H,27,31);3H,1H2,2H3;2*1-2H3;1-2H2;2H2,1H3. The Bertz CT molecular complexity index is 544. The van der Waals surface area contributed by atoms with E-state index >= 15 is 0 Å². The highest BCUT2D eigenvalue weighted by Crippen LogP contribution is 1.95. The van der Waals surface area contributed by atoms with Gasteiger partial charge in [-0.2, -0.15) is 0 Å². The van der Waals surface area contributed by atoms with Crippen LogP contribution in [0.3, 0.4) is 0 Å². The van der Waals surface area contributed by atoms with Crippen molar-refractivity contribution in [1.29, 1.82) is 0 Å². The zero-order chi connectivity index (χ0) is 36.5. The molecule has 0 atom stereocenters. The second-order valence-corrected chi connectivity index (χ2v) is 9.50. The molecule has 0 unspecified atom stereocenters. The van der Waals surface area contributed by atoms with Gasteiger partial charge in [0.25, 0.3) is 0 Å². The average Bonchev–Trinajstić information content (AvgIpc) is 2.99. The minimum Gasteiger partial charge on any atom is -0.380 e. The number of nitrogens with zero attached hydrogens (tertiary/aromatic N) is 1. The summed E-state index contributed by atoms with van der Waals surface area (Å²) >= 11 is 0. The number of hydrogen-bond donors (Lipinski definition) is 4. The zero-order valence-corrected chi connectivity index (χ0v) is 31.4. The molecule has 11 nitrogen and oxygen atoms in total. The van der Waals surface area contributed by atoms with Crippen LogP contribution in [0.15, 0.2) is 25.8 Å². The summed E-state index contributed by atoms with van der Waals surface area (Å²) in [6, 6.07) is 0.364. The summed E-state index contributed by atoms with van der Waals surface area (Å²) in [5.74, 6) is -0.0509. The molecule has 0 saturated heterocycles. The quantitative estimate of drug-likeness (QED) is 0.103. The van der Waals surface area contributed by atoms with Crippen molar-refractivity contribution in [2.24, 2.45) is 5.73 Å². The molecule has 0 aliphatic heterocycles. The number of ether oxygens (including phenoxy) is 3. The van der Waals surface area contributed by atoms with Gasteiger partial charge in [-0.25, -0.2) is 0 Å². The summed E-state index contributed by atoms with van der Waals surface area (Å²) in [7, 11) is 1.50. The maximum Gasteiger partial charge on any atom is 0.222 e. The lowest BCUT2D eigenvalue weighted by molar-refractivity contribution is -0.123. The van der Waals surface area contributed by atoms with E-state index in [1.165, 1.54) is 7.05 Å². The van der Waals surface area contributed by atoms with Gasteiger partial charge < -0.3 is 35.9 Å². The minimum absolute atomic E-state index is 0.0170. The smallest absolute Gasteiger partial charge is 0.222 e. The molecule has 0 spiro atoms. The fraction of sp³-hybridized carbons (Fsp3) is 0.794. The highest BCUT2D eigenvalue weighted by Gasteiger charge is 2.09. The van der Waals surface area contributed by atoms with E-state index in [2.05, 4.69) is 46.3 Å². The van der Waals surface area contributed by atoms with E-state index in [9.17, 15) is 14.4 Å². The highest BCUT2D eigenvalue weighted by atomic mass is 16.5. The number of hydrogen-bond acceptors (Lipinski definition) is 8. The molecular formula is C34H75N5O6. The van der Waals surface area contributed by atoms with Crippen molar-refractivity contribution in [3.8, 4) is 0 Å². The molecule has 45 heavy (non-hydrogen) atoms. The molecule has 0 aromatic rings. The monoisotopic (exact) mass is 650 g/mol. The lowest BCUT2D eigenvalue weighted by Crippen LogP contribution is -2.35. The Morgan fingerprint density at radius 3 is 0.978 bits per heavy atom. The Morgan fingerprint density at radius 1 is 0.600 bits per heavy atom. The maximum atomic E-state index is 11.7. The average molecular weight is 650 g/mol. The van der Waals surface area contributed by atoms with Gasteiger partial charge in [0.15, 0.2) is 0 Å². The number of allylic oxidation sites excluding steroid dienone is 1. The van der Waals surface area contributed by atoms with Gasteiger partial charge in [0, 0.05) is 57.0 Å². The molecule has 5 N–H and O–H groups in total. The Hall–Kier alpha value is -2.31. The zero-order valence-electron chi connectivity index (χ0n) is 31.4. The largest absolute Gasteiger partial charge is 0.380 e. The van der Waals surface area contributed by atoms with Gasteiger partial charge in [0.2, 0.25) is 17.7 Å². The number of rotatable bonds is 21. The number of amides is 3. The summed E-state index contributed by atoms with van der Waals surface area (Å²) in [4.78, 5) is 37.2. The van der Waals surface area contributed by atoms with Gasteiger partial charge in [-0.1, -0.05) is 33.8 Å². The maximum absolute atomic E-state index is 11.7. The second kappa shape index (κ2) is 48.6. The van der Waals surface area contributed by atoms with Crippen LogP contribution in [0.5, 0.6) is 0 Å². The lowest BCUT2D eigenvalue weighted by atomic mass is 10.3. The highest BCUT2D eigenvalue weighted by molar-refractivity contribution is 5.76. The van der Waals surface area contributed by atoms with Crippen molar-refractivity contribution < 1.29 is 28.6 Å². The topological polar surface area (TPSA) is 144 Å². The van der Waals surface area contributed by atoms with Gasteiger partial charge >= 0.3 is 0 Å². The molecule has 3 amide bonds. The fourth-order valence-electron chi connectivity index (χ4n) is 2.90. The molecule has 0 saturated carbocycles. The van der Waals surface area contributed by atoms with E-state index in [1.54, 1.807) is 6.08 Å². The van der Waals surface area contributed by atoms with Crippen molar-refractivity contribution in [1.82, 2.24) is 20.9 Å². The van der Waals surface area contributed by atoms with Crippen LogP contribution in [0.25, 0.3) is 0 Å². The predicted octanol–water partition coefficient (Wildman–Crippen LogP) is 4.70.